The Kier molecular flexibility index (Phi) is 5.94. The Labute approximate surface area is 125 Å². The van der Waals surface area contributed by atoms with E-state index in [1.54, 1.807) is 0 Å². The zero-order valence-electron chi connectivity index (χ0n) is 12.7. The molecule has 1 aliphatic heterocycles. The summed E-state index contributed by atoms with van der Waals surface area (Å²) < 4.78 is 5.35. The summed E-state index contributed by atoms with van der Waals surface area (Å²) in [5, 5.41) is 15.8. The summed E-state index contributed by atoms with van der Waals surface area (Å²) in [5.41, 5.74) is 0. The Morgan fingerprint density at radius 3 is 2.43 bits per heavy atom. The molecule has 0 aromatic carbocycles. The molecule has 1 aromatic heterocycles. The molecule has 8 heteroatoms. The SMILES string of the molecule is CCNc1nc(NCC(O)CC)nc(N2CCOCC2)n1. The molecule has 1 saturated heterocycles. The minimum Gasteiger partial charge on any atom is -0.391 e. The van der Waals surface area contributed by atoms with Crippen LogP contribution < -0.4 is 15.5 Å². The standard InChI is InChI=1S/C13H24N6O2/c1-3-10(20)9-15-12-16-11(14-4-2)17-13(18-12)19-5-7-21-8-6-19/h10,20H,3-9H2,1-2H3,(H2,14,15,16,17,18). The number of rotatable bonds is 7. The van der Waals surface area contributed by atoms with Gasteiger partial charge >= 0.3 is 0 Å². The number of aliphatic hydroxyl groups excluding tert-OH is 1. The molecule has 0 spiro atoms. The van der Waals surface area contributed by atoms with E-state index in [2.05, 4.69) is 30.5 Å². The zero-order valence-corrected chi connectivity index (χ0v) is 12.7. The van der Waals surface area contributed by atoms with Crippen molar-refractivity contribution in [2.24, 2.45) is 0 Å². The first-order valence-corrected chi connectivity index (χ1v) is 7.47. The van der Waals surface area contributed by atoms with Crippen molar-refractivity contribution in [3.63, 3.8) is 0 Å². The van der Waals surface area contributed by atoms with Crippen molar-refractivity contribution in [1.29, 1.82) is 0 Å². The van der Waals surface area contributed by atoms with Crippen LogP contribution in [-0.4, -0.2) is 65.6 Å². The highest BCUT2D eigenvalue weighted by Gasteiger charge is 2.16. The lowest BCUT2D eigenvalue weighted by Gasteiger charge is -2.27. The number of hydrogen-bond acceptors (Lipinski definition) is 8. The van der Waals surface area contributed by atoms with Crippen LogP contribution in [-0.2, 0) is 4.74 Å². The third-order valence-electron chi connectivity index (χ3n) is 3.22. The Morgan fingerprint density at radius 1 is 1.14 bits per heavy atom. The second-order valence-corrected chi connectivity index (χ2v) is 4.86. The fourth-order valence-corrected chi connectivity index (χ4v) is 1.94. The Balaban J connectivity index is 2.12. The Hall–Kier alpha value is -1.67. The van der Waals surface area contributed by atoms with Gasteiger partial charge in [-0.1, -0.05) is 6.92 Å². The topological polar surface area (TPSA) is 95.4 Å². The summed E-state index contributed by atoms with van der Waals surface area (Å²) in [4.78, 5) is 15.2. The molecule has 1 aliphatic rings. The van der Waals surface area contributed by atoms with Gasteiger partial charge in [0, 0.05) is 26.2 Å². The minimum absolute atomic E-state index is 0.406. The molecule has 0 amide bonds. The molecule has 3 N–H and O–H groups in total. The number of nitrogens with zero attached hydrogens (tertiary/aromatic N) is 4. The van der Waals surface area contributed by atoms with Gasteiger partial charge in [-0.3, -0.25) is 0 Å². The summed E-state index contributed by atoms with van der Waals surface area (Å²) >= 11 is 0. The van der Waals surface area contributed by atoms with Gasteiger partial charge in [0.1, 0.15) is 0 Å². The second-order valence-electron chi connectivity index (χ2n) is 4.86. The predicted octanol–water partition coefficient (Wildman–Crippen LogP) is 0.323. The van der Waals surface area contributed by atoms with E-state index < -0.39 is 6.10 Å². The lowest BCUT2D eigenvalue weighted by Crippen LogP contribution is -2.37. The Morgan fingerprint density at radius 2 is 1.81 bits per heavy atom. The minimum atomic E-state index is -0.406. The van der Waals surface area contributed by atoms with Crippen LogP contribution in [0.1, 0.15) is 20.3 Å². The van der Waals surface area contributed by atoms with Crippen LogP contribution in [0.4, 0.5) is 17.8 Å². The number of hydrogen-bond donors (Lipinski definition) is 3. The maximum Gasteiger partial charge on any atom is 0.232 e. The number of anilines is 3. The number of ether oxygens (including phenoxy) is 1. The van der Waals surface area contributed by atoms with E-state index in [9.17, 15) is 5.11 Å². The van der Waals surface area contributed by atoms with Gasteiger partial charge < -0.3 is 25.4 Å². The molecule has 0 radical (unpaired) electrons. The highest BCUT2D eigenvalue weighted by atomic mass is 16.5. The number of morpholine rings is 1. The lowest BCUT2D eigenvalue weighted by atomic mass is 10.3. The van der Waals surface area contributed by atoms with Crippen molar-refractivity contribution in [3.8, 4) is 0 Å². The third-order valence-corrected chi connectivity index (χ3v) is 3.22. The summed E-state index contributed by atoms with van der Waals surface area (Å²) in [6.45, 7) is 7.99. The normalized spacial score (nSPS) is 16.6. The summed E-state index contributed by atoms with van der Waals surface area (Å²) in [5.74, 6) is 1.66. The highest BCUT2D eigenvalue weighted by molar-refractivity contribution is 5.44. The van der Waals surface area contributed by atoms with E-state index in [-0.39, 0.29) is 0 Å². The smallest absolute Gasteiger partial charge is 0.232 e. The molecular weight excluding hydrogens is 272 g/mol. The molecule has 118 valence electrons. The van der Waals surface area contributed by atoms with Crippen LogP contribution in [0.5, 0.6) is 0 Å². The van der Waals surface area contributed by atoms with E-state index in [1.807, 2.05) is 13.8 Å². The molecule has 0 bridgehead atoms. The number of aliphatic hydroxyl groups is 1. The largest absolute Gasteiger partial charge is 0.391 e. The molecule has 1 unspecified atom stereocenters. The van der Waals surface area contributed by atoms with E-state index in [0.29, 0.717) is 44.0 Å². The van der Waals surface area contributed by atoms with Gasteiger partial charge in [-0.25, -0.2) is 0 Å². The first kappa shape index (κ1) is 15.7. The van der Waals surface area contributed by atoms with Crippen LogP contribution in [0.25, 0.3) is 0 Å². The molecule has 0 saturated carbocycles. The zero-order chi connectivity index (χ0) is 15.1. The average molecular weight is 296 g/mol. The van der Waals surface area contributed by atoms with Crippen molar-refractivity contribution in [3.05, 3.63) is 0 Å². The molecule has 0 aliphatic carbocycles. The molecule has 8 nitrogen and oxygen atoms in total. The fourth-order valence-electron chi connectivity index (χ4n) is 1.94. The highest BCUT2D eigenvalue weighted by Crippen LogP contribution is 2.15. The molecule has 21 heavy (non-hydrogen) atoms. The lowest BCUT2D eigenvalue weighted by molar-refractivity contribution is 0.122. The molecule has 2 heterocycles. The summed E-state index contributed by atoms with van der Waals surface area (Å²) in [6, 6.07) is 0. The van der Waals surface area contributed by atoms with Crippen molar-refractivity contribution in [1.82, 2.24) is 15.0 Å². The fraction of sp³-hybridized carbons (Fsp3) is 0.769. The maximum absolute atomic E-state index is 9.63. The summed E-state index contributed by atoms with van der Waals surface area (Å²) in [7, 11) is 0. The molecule has 2 rings (SSSR count). The van der Waals surface area contributed by atoms with Crippen molar-refractivity contribution < 1.29 is 9.84 Å². The van der Waals surface area contributed by atoms with Crippen molar-refractivity contribution >= 4 is 17.8 Å². The van der Waals surface area contributed by atoms with Crippen LogP contribution in [0.3, 0.4) is 0 Å². The second kappa shape index (κ2) is 7.94. The van der Waals surface area contributed by atoms with E-state index in [1.165, 1.54) is 0 Å². The van der Waals surface area contributed by atoms with Crippen LogP contribution in [0, 0.1) is 0 Å². The predicted molar refractivity (Wildman–Crippen MR) is 81.8 cm³/mol. The van der Waals surface area contributed by atoms with E-state index in [4.69, 9.17) is 4.74 Å². The van der Waals surface area contributed by atoms with Crippen LogP contribution >= 0.6 is 0 Å². The first-order chi connectivity index (χ1) is 10.2. The molecule has 1 atom stereocenters. The van der Waals surface area contributed by atoms with Gasteiger partial charge in [0.25, 0.3) is 0 Å². The average Bonchev–Trinajstić information content (AvgIpc) is 2.53. The van der Waals surface area contributed by atoms with Gasteiger partial charge in [-0.05, 0) is 13.3 Å². The molecular formula is C13H24N6O2. The van der Waals surface area contributed by atoms with E-state index >= 15 is 0 Å². The Bertz CT molecular complexity index is 439. The van der Waals surface area contributed by atoms with Crippen molar-refractivity contribution in [2.45, 2.75) is 26.4 Å². The number of aromatic nitrogens is 3. The van der Waals surface area contributed by atoms with Crippen molar-refractivity contribution in [2.75, 3.05) is 54.9 Å². The maximum atomic E-state index is 9.63. The quantitative estimate of drug-likeness (QED) is 0.662. The third kappa shape index (κ3) is 4.68. The number of nitrogens with one attached hydrogen (secondary N) is 2. The monoisotopic (exact) mass is 296 g/mol. The first-order valence-electron chi connectivity index (χ1n) is 7.47. The van der Waals surface area contributed by atoms with Crippen LogP contribution in [0.15, 0.2) is 0 Å². The molecule has 1 aromatic rings. The van der Waals surface area contributed by atoms with Crippen LogP contribution in [0.2, 0.25) is 0 Å². The van der Waals surface area contributed by atoms with Gasteiger partial charge in [-0.2, -0.15) is 15.0 Å². The van der Waals surface area contributed by atoms with Gasteiger partial charge in [0.05, 0.1) is 19.3 Å². The van der Waals surface area contributed by atoms with Gasteiger partial charge in [0.15, 0.2) is 0 Å². The summed E-state index contributed by atoms with van der Waals surface area (Å²) in [6.07, 6.45) is 0.283. The van der Waals surface area contributed by atoms with Gasteiger partial charge in [0.2, 0.25) is 17.8 Å². The van der Waals surface area contributed by atoms with Gasteiger partial charge in [-0.15, -0.1) is 0 Å². The van der Waals surface area contributed by atoms with E-state index in [0.717, 1.165) is 19.6 Å². The molecule has 1 fully saturated rings.